The van der Waals surface area contributed by atoms with E-state index >= 15 is 0 Å². The first-order valence-corrected chi connectivity index (χ1v) is 10.3. The Bertz CT molecular complexity index is 1140. The van der Waals surface area contributed by atoms with Crippen LogP contribution in [0.1, 0.15) is 50.7 Å². The Morgan fingerprint density at radius 1 is 1.29 bits per heavy atom. The molecule has 5 heterocycles. The Morgan fingerprint density at radius 2 is 2.10 bits per heavy atom. The molecule has 1 fully saturated rings. The first-order valence-electron chi connectivity index (χ1n) is 10.8. The average Bonchev–Trinajstić information content (AvgIpc) is 3.54. The number of nitrogen functional groups attached to an aromatic ring is 1. The molecule has 1 spiro atoms. The fraction of sp³-hybridized carbons (Fsp3) is 0.476. The van der Waals surface area contributed by atoms with Crippen molar-refractivity contribution in [3.05, 3.63) is 47.8 Å². The number of rotatable bonds is 4. The average molecular weight is 432 g/mol. The lowest BCUT2D eigenvalue weighted by Crippen LogP contribution is -2.32. The van der Waals surface area contributed by atoms with Gasteiger partial charge in [0, 0.05) is 48.4 Å². The van der Waals surface area contributed by atoms with E-state index in [-0.39, 0.29) is 11.0 Å². The first-order chi connectivity index (χ1) is 15.2. The van der Waals surface area contributed by atoms with Crippen LogP contribution in [0.15, 0.2) is 30.7 Å². The van der Waals surface area contributed by atoms with Crippen LogP contribution in [0.4, 0.5) is 19.0 Å². The van der Waals surface area contributed by atoms with Crippen LogP contribution in [-0.4, -0.2) is 42.7 Å². The van der Waals surface area contributed by atoms with Gasteiger partial charge in [-0.1, -0.05) is 6.92 Å². The first kappa shape index (κ1) is 18.9. The highest BCUT2D eigenvalue weighted by Gasteiger charge is 2.47. The summed E-state index contributed by atoms with van der Waals surface area (Å²) in [7, 11) is 0. The molecular weight excluding hydrogens is 407 g/mol. The number of imidazole rings is 1. The van der Waals surface area contributed by atoms with E-state index < -0.39 is 23.6 Å². The predicted molar refractivity (Wildman–Crippen MR) is 109 cm³/mol. The number of hydrogen-bond donors (Lipinski definition) is 2. The van der Waals surface area contributed by atoms with Gasteiger partial charge in [0.15, 0.2) is 0 Å². The van der Waals surface area contributed by atoms with Crippen molar-refractivity contribution in [3.8, 4) is 11.3 Å². The van der Waals surface area contributed by atoms with Crippen LogP contribution in [0.25, 0.3) is 11.3 Å². The third-order valence-electron chi connectivity index (χ3n) is 6.49. The molecule has 2 atom stereocenters. The smallest absolute Gasteiger partial charge is 0.383 e. The molecule has 7 nitrogen and oxygen atoms in total. The number of halogens is 3. The molecule has 2 aliphatic rings. The predicted octanol–water partition coefficient (Wildman–Crippen LogP) is 3.77. The van der Waals surface area contributed by atoms with Crippen LogP contribution in [0.2, 0.25) is 0 Å². The molecule has 0 saturated carbocycles. The zero-order chi connectivity index (χ0) is 22.7. The number of nitrogens with one attached hydrogen (secondary N) is 1. The van der Waals surface area contributed by atoms with Gasteiger partial charge in [-0.3, -0.25) is 9.58 Å². The summed E-state index contributed by atoms with van der Waals surface area (Å²) in [6.45, 7) is 4.07. The molecule has 10 heteroatoms. The van der Waals surface area contributed by atoms with Crippen molar-refractivity contribution in [2.75, 3.05) is 18.8 Å². The normalized spacial score (nSPS) is 23.8. The summed E-state index contributed by atoms with van der Waals surface area (Å²) in [6.07, 6.45) is 2.47. The Balaban J connectivity index is 1.46. The Hall–Kier alpha value is -2.88. The van der Waals surface area contributed by atoms with Gasteiger partial charge in [-0.2, -0.15) is 18.3 Å². The minimum atomic E-state index is -4.58. The molecule has 3 aromatic rings. The van der Waals surface area contributed by atoms with Gasteiger partial charge in [-0.25, -0.2) is 9.97 Å². The van der Waals surface area contributed by atoms with E-state index in [1.54, 1.807) is 12.4 Å². The number of hydrogen-bond acceptors (Lipinski definition) is 5. The van der Waals surface area contributed by atoms with Gasteiger partial charge in [0.25, 0.3) is 0 Å². The molecule has 3 N–H and O–H groups in total. The van der Waals surface area contributed by atoms with Crippen LogP contribution in [-0.2, 0) is 18.1 Å². The molecule has 5 rings (SSSR count). The van der Waals surface area contributed by atoms with E-state index in [4.69, 9.17) is 7.10 Å². The third-order valence-corrected chi connectivity index (χ3v) is 6.49. The molecule has 0 radical (unpaired) electrons. The van der Waals surface area contributed by atoms with Crippen LogP contribution in [0.3, 0.4) is 0 Å². The third kappa shape index (κ3) is 3.29. The summed E-state index contributed by atoms with van der Waals surface area (Å²) in [5, 5.41) is 4.57. The molecule has 31 heavy (non-hydrogen) atoms. The molecule has 1 saturated heterocycles. The number of aromatic amines is 1. The Labute approximate surface area is 178 Å². The number of likely N-dealkylation sites (tertiary alicyclic amines) is 1. The minimum absolute atomic E-state index is 0.187. The summed E-state index contributed by atoms with van der Waals surface area (Å²) < 4.78 is 50.8. The maximum Gasteiger partial charge on any atom is 0.419 e. The number of nitrogens with zero attached hydrogens (tertiary/aromatic N) is 5. The Kier molecular flexibility index (Phi) is 4.31. The van der Waals surface area contributed by atoms with Gasteiger partial charge < -0.3 is 10.7 Å². The summed E-state index contributed by atoms with van der Waals surface area (Å²) in [5.74, 6) is 0.0806. The molecule has 0 aromatic carbocycles. The minimum Gasteiger partial charge on any atom is -0.383 e. The fourth-order valence-electron chi connectivity index (χ4n) is 4.93. The van der Waals surface area contributed by atoms with Crippen molar-refractivity contribution >= 4 is 5.82 Å². The van der Waals surface area contributed by atoms with Crippen LogP contribution >= 0.6 is 0 Å². The van der Waals surface area contributed by atoms with Crippen molar-refractivity contribution in [2.45, 2.75) is 50.3 Å². The van der Waals surface area contributed by atoms with E-state index in [1.165, 1.54) is 6.20 Å². The summed E-state index contributed by atoms with van der Waals surface area (Å²) in [5.41, 5.74) is 6.04. The molecule has 0 amide bonds. The second-order valence-corrected chi connectivity index (χ2v) is 8.23. The van der Waals surface area contributed by atoms with Crippen molar-refractivity contribution in [3.63, 3.8) is 0 Å². The van der Waals surface area contributed by atoms with Crippen molar-refractivity contribution in [2.24, 2.45) is 0 Å². The number of alkyl halides is 3. The number of H-pyrrole nitrogens is 1. The van der Waals surface area contributed by atoms with E-state index in [2.05, 4.69) is 25.0 Å². The number of pyridine rings is 1. The molecular formula is C21H24F3N7. The highest BCUT2D eigenvalue weighted by atomic mass is 19.4. The number of anilines is 1. The lowest BCUT2D eigenvalue weighted by Gasteiger charge is -2.28. The molecule has 2 aliphatic heterocycles. The summed E-state index contributed by atoms with van der Waals surface area (Å²) in [6, 6.07) is 1.93. The highest BCUT2D eigenvalue weighted by Crippen LogP contribution is 2.46. The Morgan fingerprint density at radius 3 is 2.81 bits per heavy atom. The summed E-state index contributed by atoms with van der Waals surface area (Å²) in [4.78, 5) is 13.3. The van der Waals surface area contributed by atoms with E-state index in [0.29, 0.717) is 31.0 Å². The standard InChI is InChI=1S/C21H24F3N7/c1-2-16(19-26-5-6-27-19)30-7-3-20(12-30)4-8-31-17(20)10-15(29-31)13-9-14(21(22,23)24)18(25)28-11-13/h5-6,9-11,16H,2-4,7-8,12H2,1H3,(H2,25,28)(H,26,27)/t16?,20-/m1/s1/i16D. The zero-order valence-electron chi connectivity index (χ0n) is 18.1. The maximum atomic E-state index is 13.3. The number of aromatic nitrogens is 5. The van der Waals surface area contributed by atoms with Crippen molar-refractivity contribution in [1.82, 2.24) is 29.6 Å². The zero-order valence-corrected chi connectivity index (χ0v) is 17.1. The van der Waals surface area contributed by atoms with Gasteiger partial charge in [-0.05, 0) is 37.9 Å². The van der Waals surface area contributed by atoms with Crippen LogP contribution in [0.5, 0.6) is 0 Å². The monoisotopic (exact) mass is 432 g/mol. The molecule has 0 bridgehead atoms. The topological polar surface area (TPSA) is 88.7 Å². The number of nitrogens with two attached hydrogens (primary N) is 1. The van der Waals surface area contributed by atoms with E-state index in [9.17, 15) is 13.2 Å². The van der Waals surface area contributed by atoms with Gasteiger partial charge in [0.1, 0.15) is 11.6 Å². The quantitative estimate of drug-likeness (QED) is 0.655. The second kappa shape index (κ2) is 7.08. The van der Waals surface area contributed by atoms with Crippen LogP contribution in [0, 0.1) is 0 Å². The highest BCUT2D eigenvalue weighted by molar-refractivity contribution is 5.63. The SMILES string of the molecule is [2H]C(CC)(c1ncc[nH]1)N1CC[C@@]2(CCn3nc(-c4cnc(N)c(C(F)(F)F)c4)cc32)C1. The molecule has 0 aliphatic carbocycles. The molecule has 3 aromatic heterocycles. The lowest BCUT2D eigenvalue weighted by molar-refractivity contribution is -0.137. The number of aryl methyl sites for hydroxylation is 1. The summed E-state index contributed by atoms with van der Waals surface area (Å²) >= 11 is 0. The van der Waals surface area contributed by atoms with Gasteiger partial charge in [0.05, 0.1) is 18.6 Å². The van der Waals surface area contributed by atoms with Gasteiger partial charge in [-0.15, -0.1) is 0 Å². The second-order valence-electron chi connectivity index (χ2n) is 8.23. The van der Waals surface area contributed by atoms with Crippen molar-refractivity contribution in [1.29, 1.82) is 0 Å². The van der Waals surface area contributed by atoms with E-state index in [1.807, 2.05) is 17.7 Å². The lowest BCUT2D eigenvalue weighted by atomic mass is 9.82. The van der Waals surface area contributed by atoms with Crippen molar-refractivity contribution < 1.29 is 14.5 Å². The largest absolute Gasteiger partial charge is 0.419 e. The number of fused-ring (bicyclic) bond motifs is 2. The van der Waals surface area contributed by atoms with Crippen LogP contribution < -0.4 is 5.73 Å². The fourth-order valence-corrected chi connectivity index (χ4v) is 4.93. The molecule has 1 unspecified atom stereocenters. The van der Waals surface area contributed by atoms with E-state index in [0.717, 1.165) is 31.1 Å². The van der Waals surface area contributed by atoms with Gasteiger partial charge >= 0.3 is 6.18 Å². The maximum absolute atomic E-state index is 13.3. The molecule has 164 valence electrons. The van der Waals surface area contributed by atoms with Gasteiger partial charge in [0.2, 0.25) is 0 Å².